The van der Waals surface area contributed by atoms with Crippen molar-refractivity contribution in [1.82, 2.24) is 25.1 Å². The molecule has 0 bridgehead atoms. The van der Waals surface area contributed by atoms with Crippen LogP contribution in [0.5, 0.6) is 0 Å². The van der Waals surface area contributed by atoms with Crippen molar-refractivity contribution in [3.8, 4) is 0 Å². The molecule has 0 amide bonds. The lowest BCUT2D eigenvalue weighted by atomic mass is 10.0. The van der Waals surface area contributed by atoms with Crippen LogP contribution in [0, 0.1) is 11.8 Å². The second kappa shape index (κ2) is 5.42. The summed E-state index contributed by atoms with van der Waals surface area (Å²) >= 11 is 0. The molecule has 0 aromatic carbocycles. The monoisotopic (exact) mass is 308 g/mol. The van der Waals surface area contributed by atoms with Crippen LogP contribution in [-0.2, 0) is 6.54 Å². The van der Waals surface area contributed by atoms with E-state index in [2.05, 4.69) is 25.7 Å². The molecule has 22 heavy (non-hydrogen) atoms. The normalized spacial score (nSPS) is 27.7. The quantitative estimate of drug-likeness (QED) is 0.896. The predicted molar refractivity (Wildman–Crippen MR) is 77.8 cm³/mol. The van der Waals surface area contributed by atoms with Crippen LogP contribution in [0.25, 0.3) is 11.2 Å². The number of hydrogen-bond acceptors (Lipinski definition) is 5. The van der Waals surface area contributed by atoms with Gasteiger partial charge >= 0.3 is 0 Å². The number of fused-ring (bicyclic) bond motifs is 2. The fourth-order valence-corrected chi connectivity index (χ4v) is 3.68. The molecule has 2 fully saturated rings. The van der Waals surface area contributed by atoms with Gasteiger partial charge in [-0.05, 0) is 37.8 Å². The van der Waals surface area contributed by atoms with Crippen molar-refractivity contribution in [1.29, 1.82) is 0 Å². The zero-order valence-corrected chi connectivity index (χ0v) is 12.0. The number of alkyl halides is 2. The Kier molecular flexibility index (Phi) is 3.40. The van der Waals surface area contributed by atoms with Crippen molar-refractivity contribution >= 4 is 17.0 Å². The lowest BCUT2D eigenvalue weighted by Gasteiger charge is -2.14. The second-order valence-corrected chi connectivity index (χ2v) is 6.17. The maximum absolute atomic E-state index is 12.6. The second-order valence-electron chi connectivity index (χ2n) is 6.17. The molecule has 1 aliphatic heterocycles. The molecule has 1 unspecified atom stereocenters. The number of hydrogen-bond donors (Lipinski definition) is 2. The van der Waals surface area contributed by atoms with Gasteiger partial charge in [0.15, 0.2) is 5.65 Å². The minimum atomic E-state index is -2.46. The highest BCUT2D eigenvalue weighted by Gasteiger charge is 2.37. The van der Waals surface area contributed by atoms with E-state index in [-0.39, 0.29) is 0 Å². The molecule has 4 rings (SSSR count). The van der Waals surface area contributed by atoms with E-state index in [1.165, 1.54) is 10.9 Å². The first kappa shape index (κ1) is 13.8. The Bertz CT molecular complexity index is 660. The largest absolute Gasteiger partial charge is 0.366 e. The van der Waals surface area contributed by atoms with Gasteiger partial charge in [0.2, 0.25) is 0 Å². The Balaban J connectivity index is 1.52. The van der Waals surface area contributed by atoms with Gasteiger partial charge in [-0.15, -0.1) is 0 Å². The molecular weight excluding hydrogens is 290 g/mol. The number of halogens is 2. The van der Waals surface area contributed by atoms with Crippen molar-refractivity contribution in [2.45, 2.75) is 31.9 Å². The van der Waals surface area contributed by atoms with E-state index in [0.717, 1.165) is 37.8 Å². The summed E-state index contributed by atoms with van der Waals surface area (Å²) in [6.45, 7) is 1.73. The molecule has 118 valence electrons. The number of nitrogens with one attached hydrogen (secondary N) is 2. The molecule has 6 nitrogen and oxygen atoms in total. The average Bonchev–Trinajstić information content (AvgIpc) is 3.14. The van der Waals surface area contributed by atoms with Crippen LogP contribution in [0.3, 0.4) is 0 Å². The SMILES string of the molecule is FC(F)Cn1ncc2ncc(NC3C[C@H]4CNC[C@H]4C3)nc21. The van der Waals surface area contributed by atoms with Crippen molar-refractivity contribution in [2.24, 2.45) is 11.8 Å². The first-order valence-electron chi connectivity index (χ1n) is 7.63. The van der Waals surface area contributed by atoms with E-state index in [1.807, 2.05) is 0 Å². The predicted octanol–water partition coefficient (Wildman–Crippen LogP) is 1.50. The van der Waals surface area contributed by atoms with Crippen LogP contribution < -0.4 is 10.6 Å². The Hall–Kier alpha value is -1.83. The van der Waals surface area contributed by atoms with Gasteiger partial charge in [-0.2, -0.15) is 5.10 Å². The highest BCUT2D eigenvalue weighted by Crippen LogP contribution is 2.35. The number of anilines is 1. The maximum Gasteiger partial charge on any atom is 0.258 e. The van der Waals surface area contributed by atoms with Gasteiger partial charge in [-0.3, -0.25) is 0 Å². The van der Waals surface area contributed by atoms with Crippen LogP contribution in [0.2, 0.25) is 0 Å². The molecule has 2 aromatic heterocycles. The van der Waals surface area contributed by atoms with E-state index in [1.54, 1.807) is 6.20 Å². The maximum atomic E-state index is 12.6. The number of nitrogens with zero attached hydrogens (tertiary/aromatic N) is 4. The molecular formula is C14H18F2N6. The van der Waals surface area contributed by atoms with Crippen molar-refractivity contribution < 1.29 is 8.78 Å². The third-order valence-corrected chi connectivity index (χ3v) is 4.66. The summed E-state index contributed by atoms with van der Waals surface area (Å²) in [4.78, 5) is 8.68. The topological polar surface area (TPSA) is 67.7 Å². The van der Waals surface area contributed by atoms with Gasteiger partial charge in [0.1, 0.15) is 17.9 Å². The number of aromatic nitrogens is 4. The van der Waals surface area contributed by atoms with Crippen molar-refractivity contribution in [3.05, 3.63) is 12.4 Å². The van der Waals surface area contributed by atoms with Gasteiger partial charge in [0.25, 0.3) is 6.43 Å². The van der Waals surface area contributed by atoms with E-state index < -0.39 is 13.0 Å². The van der Waals surface area contributed by atoms with Crippen LogP contribution in [0.4, 0.5) is 14.6 Å². The zero-order valence-electron chi connectivity index (χ0n) is 12.0. The Morgan fingerprint density at radius 3 is 2.77 bits per heavy atom. The van der Waals surface area contributed by atoms with Gasteiger partial charge < -0.3 is 10.6 Å². The molecule has 2 aliphatic rings. The van der Waals surface area contributed by atoms with Crippen LogP contribution >= 0.6 is 0 Å². The smallest absolute Gasteiger partial charge is 0.258 e. The highest BCUT2D eigenvalue weighted by molar-refractivity contribution is 5.71. The summed E-state index contributed by atoms with van der Waals surface area (Å²) in [5.41, 5.74) is 0.948. The Labute approximate surface area is 126 Å². The third kappa shape index (κ3) is 2.51. The molecule has 0 spiro atoms. The fraction of sp³-hybridized carbons (Fsp3) is 0.643. The molecule has 2 aromatic rings. The molecule has 8 heteroatoms. The summed E-state index contributed by atoms with van der Waals surface area (Å²) in [5.74, 6) is 2.11. The Morgan fingerprint density at radius 1 is 1.27 bits per heavy atom. The Morgan fingerprint density at radius 2 is 2.05 bits per heavy atom. The molecule has 1 aliphatic carbocycles. The van der Waals surface area contributed by atoms with E-state index in [4.69, 9.17) is 0 Å². The first-order chi connectivity index (χ1) is 10.7. The van der Waals surface area contributed by atoms with Crippen LogP contribution in [0.1, 0.15) is 12.8 Å². The summed E-state index contributed by atoms with van der Waals surface area (Å²) < 4.78 is 26.3. The van der Waals surface area contributed by atoms with Crippen molar-refractivity contribution in [3.63, 3.8) is 0 Å². The molecule has 1 saturated carbocycles. The molecule has 3 atom stereocenters. The first-order valence-corrected chi connectivity index (χ1v) is 7.63. The summed E-state index contributed by atoms with van der Waals surface area (Å²) in [5, 5.41) is 10.7. The van der Waals surface area contributed by atoms with E-state index in [0.29, 0.717) is 23.0 Å². The fourth-order valence-electron chi connectivity index (χ4n) is 3.68. The summed E-state index contributed by atoms with van der Waals surface area (Å²) in [6.07, 6.45) is 2.91. The van der Waals surface area contributed by atoms with E-state index in [9.17, 15) is 8.78 Å². The molecule has 3 heterocycles. The standard InChI is InChI=1S/C14H18F2N6/c15-12(16)7-22-14-11(5-19-22)18-6-13(21-14)20-10-1-8-3-17-4-9(8)2-10/h5-6,8-10,12,17H,1-4,7H2,(H,20,21)/t8-,9+,10?. The van der Waals surface area contributed by atoms with Gasteiger partial charge in [-0.25, -0.2) is 23.4 Å². The third-order valence-electron chi connectivity index (χ3n) is 4.66. The average molecular weight is 308 g/mol. The molecule has 0 radical (unpaired) electrons. The minimum absolute atomic E-state index is 0.385. The van der Waals surface area contributed by atoms with Gasteiger partial charge in [0, 0.05) is 6.04 Å². The molecule has 2 N–H and O–H groups in total. The minimum Gasteiger partial charge on any atom is -0.366 e. The number of rotatable bonds is 4. The lowest BCUT2D eigenvalue weighted by molar-refractivity contribution is 0.123. The van der Waals surface area contributed by atoms with Crippen LogP contribution in [-0.4, -0.2) is 45.3 Å². The molecule has 1 saturated heterocycles. The van der Waals surface area contributed by atoms with Gasteiger partial charge in [0.05, 0.1) is 12.4 Å². The highest BCUT2D eigenvalue weighted by atomic mass is 19.3. The summed E-state index contributed by atoms with van der Waals surface area (Å²) in [7, 11) is 0. The summed E-state index contributed by atoms with van der Waals surface area (Å²) in [6, 6.07) is 0.385. The zero-order chi connectivity index (χ0) is 15.1. The van der Waals surface area contributed by atoms with Crippen LogP contribution in [0.15, 0.2) is 12.4 Å². The van der Waals surface area contributed by atoms with Gasteiger partial charge in [-0.1, -0.05) is 0 Å². The lowest BCUT2D eigenvalue weighted by Crippen LogP contribution is -2.21. The van der Waals surface area contributed by atoms with Crippen molar-refractivity contribution in [2.75, 3.05) is 18.4 Å². The van der Waals surface area contributed by atoms with E-state index >= 15 is 0 Å².